The van der Waals surface area contributed by atoms with Gasteiger partial charge in [-0.2, -0.15) is 0 Å². The Hall–Kier alpha value is -3.55. The molecule has 28 heavy (non-hydrogen) atoms. The van der Waals surface area contributed by atoms with Gasteiger partial charge in [0.15, 0.2) is 6.10 Å². The maximum atomic E-state index is 12.1. The smallest absolute Gasteiger partial charge is 0.315 e. The Kier molecular flexibility index (Phi) is 6.11. The first kappa shape index (κ1) is 19.2. The topological polar surface area (TPSA) is 109 Å². The zero-order chi connectivity index (χ0) is 19.9. The van der Waals surface area contributed by atoms with Gasteiger partial charge < -0.3 is 26.0 Å². The predicted molar refractivity (Wildman–Crippen MR) is 105 cm³/mol. The van der Waals surface area contributed by atoms with Crippen LogP contribution in [0.2, 0.25) is 0 Å². The third-order valence-electron chi connectivity index (χ3n) is 4.13. The fourth-order valence-electron chi connectivity index (χ4n) is 2.64. The van der Waals surface area contributed by atoms with Gasteiger partial charge in [0.1, 0.15) is 5.75 Å². The number of fused-ring (bicyclic) bond motifs is 1. The van der Waals surface area contributed by atoms with E-state index in [1.54, 1.807) is 25.1 Å². The molecule has 4 N–H and O–H groups in total. The van der Waals surface area contributed by atoms with Crippen molar-refractivity contribution in [3.63, 3.8) is 0 Å². The van der Waals surface area contributed by atoms with Crippen molar-refractivity contribution < 1.29 is 19.1 Å². The van der Waals surface area contributed by atoms with Gasteiger partial charge in [-0.15, -0.1) is 0 Å². The van der Waals surface area contributed by atoms with Crippen molar-refractivity contribution in [2.24, 2.45) is 0 Å². The largest absolute Gasteiger partial charge is 0.479 e. The number of nitrogens with one attached hydrogen (secondary N) is 4. The SMILES string of the molecule is CC1Oc2ccc(NC(=O)CCNC(=O)NCc3ccccc3)cc2NC1=O. The van der Waals surface area contributed by atoms with Gasteiger partial charge in [-0.05, 0) is 30.7 Å². The van der Waals surface area contributed by atoms with Crippen molar-refractivity contribution in [3.05, 3.63) is 54.1 Å². The van der Waals surface area contributed by atoms with Crippen LogP contribution < -0.4 is 26.0 Å². The normalized spacial score (nSPS) is 14.9. The van der Waals surface area contributed by atoms with Crippen LogP contribution in [0.1, 0.15) is 18.9 Å². The molecule has 1 unspecified atom stereocenters. The predicted octanol–water partition coefficient (Wildman–Crippen LogP) is 2.23. The molecule has 2 aromatic carbocycles. The number of ether oxygens (including phenoxy) is 1. The number of anilines is 2. The number of benzene rings is 2. The zero-order valence-corrected chi connectivity index (χ0v) is 15.5. The number of urea groups is 1. The molecule has 2 aromatic rings. The molecule has 0 bridgehead atoms. The van der Waals surface area contributed by atoms with Crippen LogP contribution in [-0.2, 0) is 16.1 Å². The number of rotatable bonds is 6. The molecule has 0 aliphatic carbocycles. The minimum Gasteiger partial charge on any atom is -0.479 e. The fourth-order valence-corrected chi connectivity index (χ4v) is 2.64. The van der Waals surface area contributed by atoms with Crippen LogP contribution in [0.25, 0.3) is 0 Å². The van der Waals surface area contributed by atoms with Gasteiger partial charge in [0.2, 0.25) is 5.91 Å². The van der Waals surface area contributed by atoms with Gasteiger partial charge in [-0.3, -0.25) is 9.59 Å². The molecule has 1 aliphatic rings. The fraction of sp³-hybridized carbons (Fsp3) is 0.250. The molecule has 1 atom stereocenters. The molecular weight excluding hydrogens is 360 g/mol. The molecule has 4 amide bonds. The molecule has 0 radical (unpaired) electrons. The summed E-state index contributed by atoms with van der Waals surface area (Å²) < 4.78 is 5.47. The summed E-state index contributed by atoms with van der Waals surface area (Å²) in [5.41, 5.74) is 2.04. The summed E-state index contributed by atoms with van der Waals surface area (Å²) in [7, 11) is 0. The van der Waals surface area contributed by atoms with E-state index in [1.165, 1.54) is 0 Å². The number of carbonyl (C=O) groups is 3. The minimum atomic E-state index is -0.549. The molecular formula is C20H22N4O4. The quantitative estimate of drug-likeness (QED) is 0.614. The van der Waals surface area contributed by atoms with Crippen LogP contribution >= 0.6 is 0 Å². The van der Waals surface area contributed by atoms with Crippen LogP contribution in [0.3, 0.4) is 0 Å². The first-order valence-corrected chi connectivity index (χ1v) is 8.98. The Morgan fingerprint density at radius 2 is 1.89 bits per heavy atom. The first-order valence-electron chi connectivity index (χ1n) is 8.98. The van der Waals surface area contributed by atoms with Gasteiger partial charge in [-0.25, -0.2) is 4.79 Å². The second-order valence-corrected chi connectivity index (χ2v) is 6.35. The molecule has 8 nitrogen and oxygen atoms in total. The average molecular weight is 382 g/mol. The van der Waals surface area contributed by atoms with E-state index < -0.39 is 6.10 Å². The maximum Gasteiger partial charge on any atom is 0.315 e. The van der Waals surface area contributed by atoms with Gasteiger partial charge in [0.25, 0.3) is 5.91 Å². The average Bonchev–Trinajstić information content (AvgIpc) is 2.68. The van der Waals surface area contributed by atoms with Crippen molar-refractivity contribution in [1.29, 1.82) is 0 Å². The summed E-state index contributed by atoms with van der Waals surface area (Å²) in [5, 5.41) is 10.8. The van der Waals surface area contributed by atoms with Gasteiger partial charge in [-0.1, -0.05) is 30.3 Å². The summed E-state index contributed by atoms with van der Waals surface area (Å²) in [4.78, 5) is 35.5. The lowest BCUT2D eigenvalue weighted by molar-refractivity contribution is -0.122. The van der Waals surface area contributed by atoms with E-state index in [4.69, 9.17) is 4.74 Å². The van der Waals surface area contributed by atoms with Crippen LogP contribution in [0.15, 0.2) is 48.5 Å². The monoisotopic (exact) mass is 382 g/mol. The van der Waals surface area contributed by atoms with E-state index in [0.717, 1.165) is 5.56 Å². The third-order valence-corrected chi connectivity index (χ3v) is 4.13. The number of hydrogen-bond acceptors (Lipinski definition) is 4. The lowest BCUT2D eigenvalue weighted by Gasteiger charge is -2.23. The first-order chi connectivity index (χ1) is 13.5. The van der Waals surface area contributed by atoms with Crippen LogP contribution in [-0.4, -0.2) is 30.5 Å². The van der Waals surface area contributed by atoms with E-state index >= 15 is 0 Å². The van der Waals surface area contributed by atoms with E-state index in [2.05, 4.69) is 21.3 Å². The highest BCUT2D eigenvalue weighted by atomic mass is 16.5. The Morgan fingerprint density at radius 1 is 1.11 bits per heavy atom. The number of hydrogen-bond donors (Lipinski definition) is 4. The Bertz CT molecular complexity index is 870. The van der Waals surface area contributed by atoms with Gasteiger partial charge in [0, 0.05) is 25.2 Å². The van der Waals surface area contributed by atoms with Crippen molar-refractivity contribution in [2.45, 2.75) is 26.0 Å². The molecule has 0 saturated heterocycles. The molecule has 8 heteroatoms. The van der Waals surface area contributed by atoms with E-state index in [1.807, 2.05) is 30.3 Å². The Labute approximate surface area is 162 Å². The highest BCUT2D eigenvalue weighted by Gasteiger charge is 2.23. The lowest BCUT2D eigenvalue weighted by atomic mass is 10.2. The lowest BCUT2D eigenvalue weighted by Crippen LogP contribution is -2.36. The summed E-state index contributed by atoms with van der Waals surface area (Å²) >= 11 is 0. The summed E-state index contributed by atoms with van der Waals surface area (Å²) in [6.07, 6.45) is -0.428. The molecule has 0 spiro atoms. The highest BCUT2D eigenvalue weighted by Crippen LogP contribution is 2.32. The molecule has 0 aromatic heterocycles. The van der Waals surface area contributed by atoms with E-state index in [0.29, 0.717) is 23.7 Å². The van der Waals surface area contributed by atoms with Crippen molar-refractivity contribution in [1.82, 2.24) is 10.6 Å². The third kappa shape index (κ3) is 5.23. The second-order valence-electron chi connectivity index (χ2n) is 6.35. The highest BCUT2D eigenvalue weighted by molar-refractivity contribution is 5.99. The van der Waals surface area contributed by atoms with Crippen LogP contribution in [0, 0.1) is 0 Å². The molecule has 146 valence electrons. The summed E-state index contributed by atoms with van der Waals surface area (Å²) in [6, 6.07) is 14.2. The molecule has 0 saturated carbocycles. The molecule has 0 fully saturated rings. The van der Waals surface area contributed by atoms with Gasteiger partial charge >= 0.3 is 6.03 Å². The van der Waals surface area contributed by atoms with E-state index in [-0.39, 0.29) is 30.8 Å². The second kappa shape index (κ2) is 8.90. The summed E-state index contributed by atoms with van der Waals surface area (Å²) in [5.74, 6) is 0.0725. The summed E-state index contributed by atoms with van der Waals surface area (Å²) in [6.45, 7) is 2.28. The minimum absolute atomic E-state index is 0.121. The number of amides is 4. The Morgan fingerprint density at radius 3 is 2.68 bits per heavy atom. The van der Waals surface area contributed by atoms with Crippen LogP contribution in [0.5, 0.6) is 5.75 Å². The van der Waals surface area contributed by atoms with E-state index in [9.17, 15) is 14.4 Å². The molecule has 3 rings (SSSR count). The van der Waals surface area contributed by atoms with Crippen LogP contribution in [0.4, 0.5) is 16.2 Å². The number of carbonyl (C=O) groups excluding carboxylic acids is 3. The molecule has 1 heterocycles. The van der Waals surface area contributed by atoms with Crippen molar-refractivity contribution in [3.8, 4) is 5.75 Å². The van der Waals surface area contributed by atoms with Crippen molar-refractivity contribution in [2.75, 3.05) is 17.2 Å². The standard InChI is InChI=1S/C20H22N4O4/c1-13-19(26)24-16-11-15(7-8-17(16)28-13)23-18(25)9-10-21-20(27)22-12-14-5-3-2-4-6-14/h2-8,11,13H,9-10,12H2,1H3,(H,23,25)(H,24,26)(H2,21,22,27). The van der Waals surface area contributed by atoms with Gasteiger partial charge in [0.05, 0.1) is 5.69 Å². The maximum absolute atomic E-state index is 12.1. The zero-order valence-electron chi connectivity index (χ0n) is 15.5. The Balaban J connectivity index is 1.40. The van der Waals surface area contributed by atoms with Crippen molar-refractivity contribution >= 4 is 29.2 Å². The molecule has 1 aliphatic heterocycles.